The largest absolute Gasteiger partial charge is 0.504 e. The van der Waals surface area contributed by atoms with Crippen molar-refractivity contribution < 1.29 is 15.0 Å². The fraction of sp³-hybridized carbons (Fsp3) is 0. The summed E-state index contributed by atoms with van der Waals surface area (Å²) >= 11 is 0. The molecule has 3 aromatic rings. The van der Waals surface area contributed by atoms with Gasteiger partial charge in [-0.25, -0.2) is 9.78 Å². The number of hydrogen-bond donors (Lipinski definition) is 2. The number of carboxylic acids is 1. The van der Waals surface area contributed by atoms with Gasteiger partial charge in [-0.05, 0) is 24.3 Å². The number of hydrogen-bond acceptors (Lipinski definition) is 5. The topological polar surface area (TPSA) is 99.5 Å². The summed E-state index contributed by atoms with van der Waals surface area (Å²) in [6.45, 7) is 0. The minimum Gasteiger partial charge on any atom is -0.504 e. The number of aromatic nitrogens is 2. The summed E-state index contributed by atoms with van der Waals surface area (Å²) < 4.78 is 1.38. The minimum atomic E-state index is -1.24. The van der Waals surface area contributed by atoms with Crippen molar-refractivity contribution in [2.75, 3.05) is 0 Å². The van der Waals surface area contributed by atoms with Gasteiger partial charge < -0.3 is 10.2 Å². The van der Waals surface area contributed by atoms with E-state index < -0.39 is 5.97 Å². The minimum absolute atomic E-state index is 0.0530. The Morgan fingerprint density at radius 2 is 1.86 bits per heavy atom. The highest BCUT2D eigenvalue weighted by Crippen LogP contribution is 2.27. The summed E-state index contributed by atoms with van der Waals surface area (Å²) in [6, 6.07) is 11.9. The summed E-state index contributed by atoms with van der Waals surface area (Å²) in [4.78, 5) is 15.1. The molecule has 2 N–H and O–H groups in total. The highest BCUT2D eigenvalue weighted by Gasteiger charge is 2.19. The zero-order valence-electron chi connectivity index (χ0n) is 10.7. The molecular weight excluding hydrogens is 272 g/mol. The van der Waals surface area contributed by atoms with E-state index in [2.05, 4.69) is 15.2 Å². The van der Waals surface area contributed by atoms with E-state index in [1.54, 1.807) is 36.5 Å². The second-order valence-corrected chi connectivity index (χ2v) is 4.21. The van der Waals surface area contributed by atoms with Gasteiger partial charge in [-0.1, -0.05) is 18.2 Å². The SMILES string of the molecule is O=C(O)c1nc2c(O)cccn2c1N=Nc1ccccc1. The van der Waals surface area contributed by atoms with Gasteiger partial charge in [0.1, 0.15) is 0 Å². The number of benzene rings is 1. The van der Waals surface area contributed by atoms with Crippen LogP contribution < -0.4 is 0 Å². The molecule has 0 amide bonds. The summed E-state index contributed by atoms with van der Waals surface area (Å²) in [6.07, 6.45) is 1.56. The average molecular weight is 282 g/mol. The van der Waals surface area contributed by atoms with Crippen LogP contribution in [-0.4, -0.2) is 25.6 Å². The first-order valence-corrected chi connectivity index (χ1v) is 6.07. The van der Waals surface area contributed by atoms with E-state index in [1.807, 2.05) is 6.07 Å². The quantitative estimate of drug-likeness (QED) is 0.720. The number of rotatable bonds is 3. The molecule has 7 heteroatoms. The van der Waals surface area contributed by atoms with E-state index in [-0.39, 0.29) is 22.9 Å². The van der Waals surface area contributed by atoms with Crippen molar-refractivity contribution in [2.24, 2.45) is 10.2 Å². The van der Waals surface area contributed by atoms with Gasteiger partial charge in [-0.3, -0.25) is 4.40 Å². The van der Waals surface area contributed by atoms with Crippen molar-refractivity contribution in [1.82, 2.24) is 9.38 Å². The number of carboxylic acid groups (broad SMARTS) is 1. The molecule has 0 unspecified atom stereocenters. The molecule has 2 heterocycles. The maximum absolute atomic E-state index is 11.3. The van der Waals surface area contributed by atoms with Crippen molar-refractivity contribution in [3.8, 4) is 5.75 Å². The van der Waals surface area contributed by atoms with Crippen LogP contribution in [0.4, 0.5) is 11.5 Å². The number of nitrogens with zero attached hydrogens (tertiary/aromatic N) is 4. The predicted molar refractivity (Wildman–Crippen MR) is 74.4 cm³/mol. The maximum Gasteiger partial charge on any atom is 0.358 e. The second kappa shape index (κ2) is 5.04. The summed E-state index contributed by atoms with van der Waals surface area (Å²) in [5.41, 5.74) is 0.442. The predicted octanol–water partition coefficient (Wildman–Crippen LogP) is 3.15. The van der Waals surface area contributed by atoms with Crippen LogP contribution in [0.15, 0.2) is 58.9 Å². The molecule has 2 aromatic heterocycles. The average Bonchev–Trinajstić information content (AvgIpc) is 2.87. The van der Waals surface area contributed by atoms with Crippen LogP contribution in [0.2, 0.25) is 0 Å². The first-order valence-electron chi connectivity index (χ1n) is 6.07. The standard InChI is InChI=1S/C14H10N4O3/c19-10-7-4-8-18-12(10)15-11(14(20)21)13(18)17-16-9-5-2-1-3-6-9/h1-8,19H,(H,20,21). The van der Waals surface area contributed by atoms with Crippen LogP contribution >= 0.6 is 0 Å². The molecule has 0 saturated heterocycles. The van der Waals surface area contributed by atoms with Crippen LogP contribution in [0.5, 0.6) is 5.75 Å². The Bertz CT molecular complexity index is 840. The summed E-state index contributed by atoms with van der Waals surface area (Å²) in [5, 5.41) is 26.9. The van der Waals surface area contributed by atoms with Crippen LogP contribution in [0.1, 0.15) is 10.5 Å². The molecule has 3 rings (SSSR count). The van der Waals surface area contributed by atoms with Gasteiger partial charge in [-0.2, -0.15) is 0 Å². The van der Waals surface area contributed by atoms with Crippen LogP contribution in [-0.2, 0) is 0 Å². The van der Waals surface area contributed by atoms with Gasteiger partial charge in [0.25, 0.3) is 0 Å². The monoisotopic (exact) mass is 282 g/mol. The van der Waals surface area contributed by atoms with Gasteiger partial charge in [0.15, 0.2) is 22.9 Å². The Labute approximate surface area is 118 Å². The molecule has 104 valence electrons. The zero-order chi connectivity index (χ0) is 14.8. The Kier molecular flexibility index (Phi) is 3.07. The first-order chi connectivity index (χ1) is 10.2. The van der Waals surface area contributed by atoms with E-state index in [0.29, 0.717) is 5.69 Å². The van der Waals surface area contributed by atoms with E-state index in [9.17, 15) is 15.0 Å². The Hall–Kier alpha value is -3.22. The molecule has 0 bridgehead atoms. The third-order valence-corrected chi connectivity index (χ3v) is 2.82. The van der Waals surface area contributed by atoms with Gasteiger partial charge >= 0.3 is 5.97 Å². The maximum atomic E-state index is 11.3. The molecule has 0 aliphatic heterocycles. The first kappa shape index (κ1) is 12.8. The zero-order valence-corrected chi connectivity index (χ0v) is 10.7. The molecule has 1 aromatic carbocycles. The molecule has 7 nitrogen and oxygen atoms in total. The Morgan fingerprint density at radius 3 is 2.57 bits per heavy atom. The molecular formula is C14H10N4O3. The fourth-order valence-corrected chi connectivity index (χ4v) is 1.88. The van der Waals surface area contributed by atoms with E-state index in [1.165, 1.54) is 10.5 Å². The van der Waals surface area contributed by atoms with Gasteiger partial charge in [0, 0.05) is 6.20 Å². The summed E-state index contributed by atoms with van der Waals surface area (Å²) in [7, 11) is 0. The highest BCUT2D eigenvalue weighted by atomic mass is 16.4. The van der Waals surface area contributed by atoms with Gasteiger partial charge in [-0.15, -0.1) is 10.2 Å². The van der Waals surface area contributed by atoms with Gasteiger partial charge in [0.05, 0.1) is 5.69 Å². The van der Waals surface area contributed by atoms with Gasteiger partial charge in [0.2, 0.25) is 0 Å². The van der Waals surface area contributed by atoms with Crippen molar-refractivity contribution in [2.45, 2.75) is 0 Å². The number of fused-ring (bicyclic) bond motifs is 1. The lowest BCUT2D eigenvalue weighted by Gasteiger charge is -1.97. The molecule has 0 radical (unpaired) electrons. The number of pyridine rings is 1. The highest BCUT2D eigenvalue weighted by molar-refractivity contribution is 5.92. The van der Waals surface area contributed by atoms with Crippen molar-refractivity contribution in [1.29, 1.82) is 0 Å². The Morgan fingerprint density at radius 1 is 1.10 bits per heavy atom. The smallest absolute Gasteiger partial charge is 0.358 e. The molecule has 0 atom stereocenters. The van der Waals surface area contributed by atoms with E-state index in [4.69, 9.17) is 0 Å². The van der Waals surface area contributed by atoms with Crippen molar-refractivity contribution in [3.05, 3.63) is 54.4 Å². The van der Waals surface area contributed by atoms with E-state index >= 15 is 0 Å². The molecule has 0 aliphatic carbocycles. The molecule has 0 aliphatic rings. The number of imidazole rings is 1. The third-order valence-electron chi connectivity index (χ3n) is 2.82. The lowest BCUT2D eigenvalue weighted by atomic mass is 10.3. The molecule has 21 heavy (non-hydrogen) atoms. The third kappa shape index (κ3) is 2.32. The fourth-order valence-electron chi connectivity index (χ4n) is 1.88. The van der Waals surface area contributed by atoms with Crippen molar-refractivity contribution >= 4 is 23.1 Å². The second-order valence-electron chi connectivity index (χ2n) is 4.21. The normalized spacial score (nSPS) is 11.2. The van der Waals surface area contributed by atoms with E-state index in [0.717, 1.165) is 0 Å². The van der Waals surface area contributed by atoms with Crippen LogP contribution in [0, 0.1) is 0 Å². The summed E-state index contributed by atoms with van der Waals surface area (Å²) in [5.74, 6) is -1.31. The number of aromatic carboxylic acids is 1. The van der Waals surface area contributed by atoms with Crippen molar-refractivity contribution in [3.63, 3.8) is 0 Å². The lowest BCUT2D eigenvalue weighted by molar-refractivity contribution is 0.0692. The lowest BCUT2D eigenvalue weighted by Crippen LogP contribution is -1.96. The Balaban J connectivity index is 2.16. The number of azo groups is 1. The molecule has 0 saturated carbocycles. The molecule has 0 fully saturated rings. The molecule has 0 spiro atoms. The van der Waals surface area contributed by atoms with Crippen LogP contribution in [0.25, 0.3) is 5.65 Å². The number of aromatic hydroxyl groups is 1. The van der Waals surface area contributed by atoms with Crippen LogP contribution in [0.3, 0.4) is 0 Å². The number of carbonyl (C=O) groups is 1.